The lowest BCUT2D eigenvalue weighted by atomic mass is 10.00. The van der Waals surface area contributed by atoms with Crippen LogP contribution in [-0.2, 0) is 0 Å². The molecule has 0 bridgehead atoms. The van der Waals surface area contributed by atoms with Gasteiger partial charge < -0.3 is 14.6 Å². The van der Waals surface area contributed by atoms with Gasteiger partial charge in [0.25, 0.3) is 0 Å². The Hall–Kier alpha value is -2.33. The molecule has 0 radical (unpaired) electrons. The van der Waals surface area contributed by atoms with Crippen molar-refractivity contribution in [2.75, 3.05) is 13.2 Å². The van der Waals surface area contributed by atoms with Gasteiger partial charge in [-0.3, -0.25) is 4.79 Å². The average molecular weight is 300 g/mol. The van der Waals surface area contributed by atoms with Crippen LogP contribution in [0.5, 0.6) is 11.5 Å². The molecule has 0 heterocycles. The number of hydrogen-bond donors (Lipinski definition) is 1. The van der Waals surface area contributed by atoms with Crippen LogP contribution in [-0.4, -0.2) is 24.1 Å². The first-order valence-corrected chi connectivity index (χ1v) is 7.33. The summed E-state index contributed by atoms with van der Waals surface area (Å²) in [7, 11) is 0. The summed E-state index contributed by atoms with van der Waals surface area (Å²) in [4.78, 5) is 12.3. The molecule has 2 rings (SSSR count). The van der Waals surface area contributed by atoms with Crippen LogP contribution >= 0.6 is 0 Å². The van der Waals surface area contributed by atoms with E-state index in [2.05, 4.69) is 0 Å². The van der Waals surface area contributed by atoms with Crippen molar-refractivity contribution >= 4 is 5.78 Å². The van der Waals surface area contributed by atoms with Crippen LogP contribution < -0.4 is 9.47 Å². The molecule has 4 heteroatoms. The Kier molecular flexibility index (Phi) is 5.55. The van der Waals surface area contributed by atoms with Gasteiger partial charge in [-0.05, 0) is 55.8 Å². The number of rotatable bonds is 7. The fourth-order valence-corrected chi connectivity index (χ4v) is 2.10. The smallest absolute Gasteiger partial charge is 0.195 e. The Bertz CT molecular complexity index is 602. The Morgan fingerprint density at radius 3 is 1.82 bits per heavy atom. The zero-order chi connectivity index (χ0) is 15.9. The largest absolute Gasteiger partial charge is 0.494 e. The van der Waals surface area contributed by atoms with Gasteiger partial charge in [-0.2, -0.15) is 0 Å². The van der Waals surface area contributed by atoms with Crippen LogP contribution in [0.4, 0.5) is 0 Å². The molecular formula is C18H20O4. The van der Waals surface area contributed by atoms with Gasteiger partial charge in [0.15, 0.2) is 5.78 Å². The van der Waals surface area contributed by atoms with E-state index < -0.39 is 6.10 Å². The molecule has 0 spiro atoms. The highest BCUT2D eigenvalue weighted by Crippen LogP contribution is 2.22. The number of ether oxygens (including phenoxy) is 2. The maximum Gasteiger partial charge on any atom is 0.195 e. The molecule has 1 atom stereocenters. The Morgan fingerprint density at radius 1 is 0.909 bits per heavy atom. The molecule has 0 aromatic heterocycles. The lowest BCUT2D eigenvalue weighted by Gasteiger charge is -2.11. The van der Waals surface area contributed by atoms with Crippen molar-refractivity contribution in [1.82, 2.24) is 0 Å². The molecule has 0 aliphatic rings. The monoisotopic (exact) mass is 300 g/mol. The van der Waals surface area contributed by atoms with E-state index in [0.29, 0.717) is 35.8 Å². The van der Waals surface area contributed by atoms with Gasteiger partial charge in [-0.1, -0.05) is 12.1 Å². The van der Waals surface area contributed by atoms with Gasteiger partial charge in [0.1, 0.15) is 17.6 Å². The van der Waals surface area contributed by atoms with E-state index in [1.54, 1.807) is 48.5 Å². The number of carbonyl (C=O) groups excluding carboxylic acids is 1. The summed E-state index contributed by atoms with van der Waals surface area (Å²) >= 11 is 0. The normalized spacial score (nSPS) is 11.8. The minimum atomic E-state index is -1.19. The maximum absolute atomic E-state index is 12.3. The molecule has 116 valence electrons. The summed E-state index contributed by atoms with van der Waals surface area (Å²) < 4.78 is 10.7. The first kappa shape index (κ1) is 16.0. The van der Waals surface area contributed by atoms with Crippen molar-refractivity contribution in [2.45, 2.75) is 20.0 Å². The van der Waals surface area contributed by atoms with Crippen molar-refractivity contribution in [3.8, 4) is 11.5 Å². The standard InChI is InChI=1S/C18H20O4/c1-3-21-15-9-5-13(6-10-15)17(19)18(20)14-7-11-16(12-8-14)22-4-2/h5-12,17,19H,3-4H2,1-2H3/t17-/m1/s1. The fourth-order valence-electron chi connectivity index (χ4n) is 2.10. The van der Waals surface area contributed by atoms with Crippen LogP contribution in [0.2, 0.25) is 0 Å². The Labute approximate surface area is 130 Å². The number of ketones is 1. The predicted octanol–water partition coefficient (Wildman–Crippen LogP) is 3.40. The fraction of sp³-hybridized carbons (Fsp3) is 0.278. The van der Waals surface area contributed by atoms with Gasteiger partial charge in [-0.25, -0.2) is 0 Å². The molecule has 0 saturated carbocycles. The molecule has 0 fully saturated rings. The highest BCUT2D eigenvalue weighted by Gasteiger charge is 2.19. The van der Waals surface area contributed by atoms with Gasteiger partial charge in [-0.15, -0.1) is 0 Å². The van der Waals surface area contributed by atoms with Crippen molar-refractivity contribution in [1.29, 1.82) is 0 Å². The van der Waals surface area contributed by atoms with Gasteiger partial charge in [0.2, 0.25) is 0 Å². The van der Waals surface area contributed by atoms with Crippen molar-refractivity contribution in [3.63, 3.8) is 0 Å². The molecular weight excluding hydrogens is 280 g/mol. The first-order valence-electron chi connectivity index (χ1n) is 7.33. The predicted molar refractivity (Wildman–Crippen MR) is 84.5 cm³/mol. The first-order chi connectivity index (χ1) is 10.7. The minimum Gasteiger partial charge on any atom is -0.494 e. The highest BCUT2D eigenvalue weighted by molar-refractivity contribution is 5.99. The third-order valence-corrected chi connectivity index (χ3v) is 3.21. The van der Waals surface area contributed by atoms with E-state index in [9.17, 15) is 9.90 Å². The van der Waals surface area contributed by atoms with Crippen LogP contribution in [0, 0.1) is 0 Å². The molecule has 22 heavy (non-hydrogen) atoms. The lowest BCUT2D eigenvalue weighted by molar-refractivity contribution is 0.0747. The Morgan fingerprint density at radius 2 is 1.36 bits per heavy atom. The minimum absolute atomic E-state index is 0.341. The van der Waals surface area contributed by atoms with Crippen molar-refractivity contribution in [3.05, 3.63) is 59.7 Å². The summed E-state index contributed by atoms with van der Waals surface area (Å²) in [5, 5.41) is 10.2. The van der Waals surface area contributed by atoms with Gasteiger partial charge in [0, 0.05) is 5.56 Å². The van der Waals surface area contributed by atoms with Gasteiger partial charge in [0.05, 0.1) is 13.2 Å². The number of hydrogen-bond acceptors (Lipinski definition) is 4. The molecule has 0 aliphatic heterocycles. The van der Waals surface area contributed by atoms with Crippen LogP contribution in [0.15, 0.2) is 48.5 Å². The van der Waals surface area contributed by atoms with Crippen LogP contribution in [0.1, 0.15) is 35.9 Å². The van der Waals surface area contributed by atoms with Gasteiger partial charge >= 0.3 is 0 Å². The van der Waals surface area contributed by atoms with E-state index >= 15 is 0 Å². The summed E-state index contributed by atoms with van der Waals surface area (Å²) in [6.07, 6.45) is -1.19. The SMILES string of the molecule is CCOc1ccc(C(=O)[C@H](O)c2ccc(OCC)cc2)cc1. The molecule has 0 saturated heterocycles. The molecule has 0 unspecified atom stereocenters. The second-order valence-electron chi connectivity index (χ2n) is 4.73. The van der Waals surface area contributed by atoms with Crippen molar-refractivity contribution < 1.29 is 19.4 Å². The van der Waals surface area contributed by atoms with E-state index in [1.165, 1.54) is 0 Å². The maximum atomic E-state index is 12.3. The summed E-state index contributed by atoms with van der Waals surface area (Å²) in [6, 6.07) is 13.6. The average Bonchev–Trinajstić information content (AvgIpc) is 2.55. The van der Waals surface area contributed by atoms with E-state index in [4.69, 9.17) is 9.47 Å². The van der Waals surface area contributed by atoms with E-state index in [-0.39, 0.29) is 5.78 Å². The zero-order valence-electron chi connectivity index (χ0n) is 12.8. The topological polar surface area (TPSA) is 55.8 Å². The lowest BCUT2D eigenvalue weighted by Crippen LogP contribution is -2.12. The molecule has 4 nitrogen and oxygen atoms in total. The molecule has 2 aromatic rings. The number of aliphatic hydroxyl groups is 1. The number of carbonyl (C=O) groups is 1. The van der Waals surface area contributed by atoms with Crippen LogP contribution in [0.3, 0.4) is 0 Å². The van der Waals surface area contributed by atoms with Crippen LogP contribution in [0.25, 0.3) is 0 Å². The Balaban J connectivity index is 2.10. The highest BCUT2D eigenvalue weighted by atomic mass is 16.5. The summed E-state index contributed by atoms with van der Waals surface area (Å²) in [5.41, 5.74) is 0.993. The third kappa shape index (κ3) is 3.86. The number of Topliss-reactive ketones (excluding diaryl/α,β-unsaturated/α-hetero) is 1. The quantitative estimate of drug-likeness (QED) is 0.796. The number of benzene rings is 2. The molecule has 2 aromatic carbocycles. The third-order valence-electron chi connectivity index (χ3n) is 3.21. The van der Waals surface area contributed by atoms with Crippen molar-refractivity contribution in [2.24, 2.45) is 0 Å². The molecule has 1 N–H and O–H groups in total. The summed E-state index contributed by atoms with van der Waals surface area (Å²) in [6.45, 7) is 4.95. The number of aliphatic hydroxyl groups excluding tert-OH is 1. The van der Waals surface area contributed by atoms with E-state index in [1.807, 2.05) is 13.8 Å². The summed E-state index contributed by atoms with van der Waals surface area (Å²) in [5.74, 6) is 1.08. The molecule has 0 aliphatic carbocycles. The second-order valence-corrected chi connectivity index (χ2v) is 4.73. The van der Waals surface area contributed by atoms with E-state index in [0.717, 1.165) is 0 Å². The second kappa shape index (κ2) is 7.61. The molecule has 0 amide bonds. The zero-order valence-corrected chi connectivity index (χ0v) is 12.8.